The summed E-state index contributed by atoms with van der Waals surface area (Å²) in [6.45, 7) is -0.159. The number of rotatable bonds is 5. The zero-order chi connectivity index (χ0) is 20.2. The van der Waals surface area contributed by atoms with Gasteiger partial charge in [0, 0.05) is 10.6 Å². The number of hydrogen-bond acceptors (Lipinski definition) is 3. The molecule has 4 rings (SSSR count). The Balaban J connectivity index is 1.51. The third-order valence-electron chi connectivity index (χ3n) is 4.45. The smallest absolute Gasteiger partial charge is 0.277 e. The second kappa shape index (κ2) is 8.64. The van der Waals surface area contributed by atoms with E-state index in [9.17, 15) is 4.79 Å². The van der Waals surface area contributed by atoms with Crippen LogP contribution in [0.4, 0.5) is 0 Å². The monoisotopic (exact) mass is 466 g/mol. The van der Waals surface area contributed by atoms with Crippen molar-refractivity contribution in [1.29, 1.82) is 0 Å². The van der Waals surface area contributed by atoms with Crippen molar-refractivity contribution >= 4 is 61.2 Å². The topological polar surface area (TPSA) is 50.7 Å². The predicted octanol–water partition coefficient (Wildman–Crippen LogP) is 5.94. The standard InChI is InChI=1S/C23H16BrClN2O2/c24-21-12-17(25)9-10-22(21)29-14-23(28)27-26-13-20-18-7-3-1-5-15(18)11-16-6-2-4-8-19(16)20/h1-13H,14H2,(H,27,28)/b26-13+. The molecular formula is C23H16BrClN2O2. The summed E-state index contributed by atoms with van der Waals surface area (Å²) in [5, 5.41) is 9.13. The van der Waals surface area contributed by atoms with Crippen molar-refractivity contribution in [3.63, 3.8) is 0 Å². The molecule has 0 aliphatic heterocycles. The molecule has 4 aromatic rings. The van der Waals surface area contributed by atoms with Gasteiger partial charge < -0.3 is 4.74 Å². The summed E-state index contributed by atoms with van der Waals surface area (Å²) in [5.41, 5.74) is 3.48. The number of benzene rings is 4. The van der Waals surface area contributed by atoms with E-state index in [4.69, 9.17) is 16.3 Å². The first-order valence-electron chi connectivity index (χ1n) is 8.92. The van der Waals surface area contributed by atoms with Crippen LogP contribution in [0.1, 0.15) is 5.56 Å². The molecule has 0 radical (unpaired) electrons. The summed E-state index contributed by atoms with van der Waals surface area (Å²) in [4.78, 5) is 12.1. The summed E-state index contributed by atoms with van der Waals surface area (Å²) in [7, 11) is 0. The minimum absolute atomic E-state index is 0.159. The van der Waals surface area contributed by atoms with Crippen molar-refractivity contribution in [3.05, 3.63) is 87.9 Å². The van der Waals surface area contributed by atoms with E-state index >= 15 is 0 Å². The van der Waals surface area contributed by atoms with E-state index < -0.39 is 0 Å². The van der Waals surface area contributed by atoms with Gasteiger partial charge in [0.05, 0.1) is 10.7 Å². The maximum atomic E-state index is 12.1. The van der Waals surface area contributed by atoms with Crippen LogP contribution in [-0.2, 0) is 4.79 Å². The van der Waals surface area contributed by atoms with Gasteiger partial charge in [-0.15, -0.1) is 0 Å². The Labute approximate surface area is 181 Å². The molecule has 0 heterocycles. The van der Waals surface area contributed by atoms with Crippen LogP contribution >= 0.6 is 27.5 Å². The molecular weight excluding hydrogens is 452 g/mol. The van der Waals surface area contributed by atoms with Crippen LogP contribution < -0.4 is 10.2 Å². The molecule has 0 aromatic heterocycles. The van der Waals surface area contributed by atoms with Crippen LogP contribution in [-0.4, -0.2) is 18.7 Å². The van der Waals surface area contributed by atoms with Crippen LogP contribution in [0.15, 0.2) is 82.4 Å². The number of fused-ring (bicyclic) bond motifs is 2. The lowest BCUT2D eigenvalue weighted by Gasteiger charge is -2.08. The lowest BCUT2D eigenvalue weighted by Crippen LogP contribution is -2.24. The van der Waals surface area contributed by atoms with Gasteiger partial charge in [-0.1, -0.05) is 60.1 Å². The Hall–Kier alpha value is -2.89. The Morgan fingerprint density at radius 3 is 2.31 bits per heavy atom. The molecule has 1 amide bonds. The van der Waals surface area contributed by atoms with Crippen LogP contribution in [0.2, 0.25) is 5.02 Å². The van der Waals surface area contributed by atoms with Crippen molar-refractivity contribution in [2.45, 2.75) is 0 Å². The highest BCUT2D eigenvalue weighted by Crippen LogP contribution is 2.28. The number of nitrogens with zero attached hydrogens (tertiary/aromatic N) is 1. The second-order valence-corrected chi connectivity index (χ2v) is 7.68. The van der Waals surface area contributed by atoms with Gasteiger partial charge >= 0.3 is 0 Å². The molecule has 1 N–H and O–H groups in total. The van der Waals surface area contributed by atoms with E-state index in [0.717, 1.165) is 27.1 Å². The second-order valence-electron chi connectivity index (χ2n) is 6.39. The summed E-state index contributed by atoms with van der Waals surface area (Å²) < 4.78 is 6.19. The molecule has 144 valence electrons. The van der Waals surface area contributed by atoms with Gasteiger partial charge in [0.25, 0.3) is 5.91 Å². The fourth-order valence-corrected chi connectivity index (χ4v) is 3.92. The molecule has 0 atom stereocenters. The van der Waals surface area contributed by atoms with E-state index in [2.05, 4.69) is 44.7 Å². The van der Waals surface area contributed by atoms with Gasteiger partial charge in [0.15, 0.2) is 6.61 Å². The van der Waals surface area contributed by atoms with Gasteiger partial charge in [-0.3, -0.25) is 4.79 Å². The van der Waals surface area contributed by atoms with Crippen molar-refractivity contribution < 1.29 is 9.53 Å². The number of amides is 1. The van der Waals surface area contributed by atoms with Crippen molar-refractivity contribution in [2.24, 2.45) is 5.10 Å². The van der Waals surface area contributed by atoms with E-state index in [1.54, 1.807) is 24.4 Å². The van der Waals surface area contributed by atoms with E-state index in [1.807, 2.05) is 36.4 Å². The minimum Gasteiger partial charge on any atom is -0.483 e. The van der Waals surface area contributed by atoms with Crippen molar-refractivity contribution in [2.75, 3.05) is 6.61 Å². The van der Waals surface area contributed by atoms with E-state index in [1.165, 1.54) is 0 Å². The predicted molar refractivity (Wildman–Crippen MR) is 122 cm³/mol. The molecule has 0 aliphatic rings. The Morgan fingerprint density at radius 2 is 1.66 bits per heavy atom. The Kier molecular flexibility index (Phi) is 5.79. The lowest BCUT2D eigenvalue weighted by molar-refractivity contribution is -0.123. The minimum atomic E-state index is -0.354. The molecule has 0 unspecified atom stereocenters. The largest absolute Gasteiger partial charge is 0.483 e. The summed E-state index contributed by atoms with van der Waals surface area (Å²) >= 11 is 9.26. The number of hydrogen-bond donors (Lipinski definition) is 1. The maximum absolute atomic E-state index is 12.1. The third-order valence-corrected chi connectivity index (χ3v) is 5.30. The highest BCUT2D eigenvalue weighted by Gasteiger charge is 2.07. The number of carbonyl (C=O) groups is 1. The summed E-state index contributed by atoms with van der Waals surface area (Å²) in [6, 6.07) is 23.5. The molecule has 0 saturated heterocycles. The Bertz CT molecular complexity index is 1190. The first-order chi connectivity index (χ1) is 14.1. The van der Waals surface area contributed by atoms with Gasteiger partial charge in [0.1, 0.15) is 5.75 Å². The molecule has 0 bridgehead atoms. The maximum Gasteiger partial charge on any atom is 0.277 e. The van der Waals surface area contributed by atoms with Crippen LogP contribution in [0.3, 0.4) is 0 Å². The summed E-state index contributed by atoms with van der Waals surface area (Å²) in [6.07, 6.45) is 1.68. The number of carbonyl (C=O) groups excluding carboxylic acids is 1. The van der Waals surface area contributed by atoms with Gasteiger partial charge in [-0.25, -0.2) is 5.43 Å². The Morgan fingerprint density at radius 1 is 1.00 bits per heavy atom. The van der Waals surface area contributed by atoms with Crippen molar-refractivity contribution in [3.8, 4) is 5.75 Å². The van der Waals surface area contributed by atoms with Gasteiger partial charge in [-0.2, -0.15) is 5.10 Å². The average molecular weight is 468 g/mol. The third kappa shape index (κ3) is 4.42. The quantitative estimate of drug-likeness (QED) is 0.224. The SMILES string of the molecule is O=C(COc1ccc(Cl)cc1Br)N/N=C/c1c2ccccc2cc2ccccc12. The zero-order valence-corrected chi connectivity index (χ0v) is 17.6. The number of nitrogens with one attached hydrogen (secondary N) is 1. The average Bonchev–Trinajstić information content (AvgIpc) is 2.72. The van der Waals surface area contributed by atoms with E-state index in [-0.39, 0.29) is 12.5 Å². The molecule has 6 heteroatoms. The highest BCUT2D eigenvalue weighted by atomic mass is 79.9. The normalized spacial score (nSPS) is 11.2. The van der Waals surface area contributed by atoms with Crippen LogP contribution in [0.25, 0.3) is 21.5 Å². The molecule has 0 saturated carbocycles. The number of hydrazone groups is 1. The molecule has 0 fully saturated rings. The van der Waals surface area contributed by atoms with Gasteiger partial charge in [0.2, 0.25) is 0 Å². The van der Waals surface area contributed by atoms with Crippen molar-refractivity contribution in [1.82, 2.24) is 5.43 Å². The van der Waals surface area contributed by atoms with E-state index in [0.29, 0.717) is 15.2 Å². The number of ether oxygens (including phenoxy) is 1. The zero-order valence-electron chi connectivity index (χ0n) is 15.2. The fourth-order valence-electron chi connectivity index (χ4n) is 3.12. The summed E-state index contributed by atoms with van der Waals surface area (Å²) in [5.74, 6) is 0.182. The van der Waals surface area contributed by atoms with Gasteiger partial charge in [-0.05, 0) is 61.7 Å². The molecule has 4 aromatic carbocycles. The highest BCUT2D eigenvalue weighted by molar-refractivity contribution is 9.10. The number of halogens is 2. The molecule has 0 spiro atoms. The fraction of sp³-hybridized carbons (Fsp3) is 0.0435. The van der Waals surface area contributed by atoms with Crippen LogP contribution in [0, 0.1) is 0 Å². The molecule has 4 nitrogen and oxygen atoms in total. The molecule has 0 aliphatic carbocycles. The molecule has 29 heavy (non-hydrogen) atoms. The first-order valence-corrected chi connectivity index (χ1v) is 10.1. The first kappa shape index (κ1) is 19.4. The van der Waals surface area contributed by atoms with Crippen LogP contribution in [0.5, 0.6) is 5.75 Å². The lowest BCUT2D eigenvalue weighted by atomic mass is 9.97.